The Morgan fingerprint density at radius 2 is 1.62 bits per heavy atom. The molecular weight excluding hydrogens is 474 g/mol. The minimum atomic E-state index is -3.59. The van der Waals surface area contributed by atoms with E-state index in [4.69, 9.17) is 14.5 Å². The Kier molecular flexibility index (Phi) is 8.51. The number of carbonyl (C=O) groups is 1. The largest absolute Gasteiger partial charge is 0.495 e. The summed E-state index contributed by atoms with van der Waals surface area (Å²) in [4.78, 5) is 22.4. The average molecular weight is 506 g/mol. The van der Waals surface area contributed by atoms with Crippen molar-refractivity contribution in [3.05, 3.63) is 42.0 Å². The van der Waals surface area contributed by atoms with Gasteiger partial charge in [-0.15, -0.1) is 0 Å². The van der Waals surface area contributed by atoms with Crippen LogP contribution in [0.3, 0.4) is 0 Å². The number of fused-ring (bicyclic) bond motifs is 1. The molecule has 0 aliphatic carbocycles. The normalized spacial score (nSPS) is 11.7. The number of hydrogen-bond acceptors (Lipinski definition) is 8. The number of anilines is 1. The minimum Gasteiger partial charge on any atom is -0.495 e. The van der Waals surface area contributed by atoms with Gasteiger partial charge in [0.2, 0.25) is 0 Å². The number of methoxy groups -OCH3 is 2. The van der Waals surface area contributed by atoms with Crippen molar-refractivity contribution >= 4 is 42.4 Å². The van der Waals surface area contributed by atoms with E-state index in [1.165, 1.54) is 17.4 Å². The average Bonchev–Trinajstić information content (AvgIpc) is 3.31. The fourth-order valence-corrected chi connectivity index (χ4v) is 5.86. The Labute approximate surface area is 205 Å². The van der Waals surface area contributed by atoms with Gasteiger partial charge in [0.1, 0.15) is 21.7 Å². The van der Waals surface area contributed by atoms with Crippen LogP contribution in [0.5, 0.6) is 11.5 Å². The van der Waals surface area contributed by atoms with Crippen LogP contribution in [0.25, 0.3) is 10.2 Å². The molecule has 2 aromatic carbocycles. The van der Waals surface area contributed by atoms with Crippen LogP contribution in [-0.2, 0) is 9.84 Å². The van der Waals surface area contributed by atoms with Crippen LogP contribution in [0.15, 0.2) is 41.3 Å². The number of hydrogen-bond donors (Lipinski definition) is 0. The zero-order valence-corrected chi connectivity index (χ0v) is 21.8. The highest BCUT2D eigenvalue weighted by atomic mass is 32.2. The van der Waals surface area contributed by atoms with Crippen molar-refractivity contribution in [1.29, 1.82) is 0 Å². The van der Waals surface area contributed by atoms with Gasteiger partial charge in [-0.1, -0.05) is 44.2 Å². The van der Waals surface area contributed by atoms with Gasteiger partial charge in [0, 0.05) is 13.1 Å². The van der Waals surface area contributed by atoms with E-state index in [1.54, 1.807) is 56.4 Å². The van der Waals surface area contributed by atoms with Crippen LogP contribution >= 0.6 is 11.3 Å². The number of ether oxygens (including phenoxy) is 2. The lowest BCUT2D eigenvalue weighted by Crippen LogP contribution is -2.39. The molecule has 0 N–H and O–H groups in total. The fraction of sp³-hybridized carbons (Fsp3) is 0.417. The van der Waals surface area contributed by atoms with Gasteiger partial charge in [0.15, 0.2) is 15.0 Å². The Balaban J connectivity index is 2.15. The number of benzene rings is 2. The summed E-state index contributed by atoms with van der Waals surface area (Å²) in [6, 6.07) is 9.93. The molecule has 1 amide bonds. The molecule has 0 fully saturated rings. The molecule has 0 saturated heterocycles. The number of nitrogens with zero attached hydrogens (tertiary/aromatic N) is 3. The molecule has 0 bridgehead atoms. The van der Waals surface area contributed by atoms with Gasteiger partial charge in [-0.05, 0) is 37.4 Å². The van der Waals surface area contributed by atoms with Gasteiger partial charge in [-0.25, -0.2) is 13.4 Å². The Hall–Kier alpha value is -2.69. The molecule has 184 valence electrons. The Morgan fingerprint density at radius 3 is 2.24 bits per heavy atom. The van der Waals surface area contributed by atoms with E-state index in [2.05, 4.69) is 18.7 Å². The number of sulfone groups is 1. The Morgan fingerprint density at radius 1 is 0.971 bits per heavy atom. The van der Waals surface area contributed by atoms with E-state index in [9.17, 15) is 13.2 Å². The van der Waals surface area contributed by atoms with Crippen molar-refractivity contribution in [2.24, 2.45) is 0 Å². The molecule has 0 saturated carbocycles. The first-order chi connectivity index (χ1) is 16.3. The third kappa shape index (κ3) is 5.18. The molecule has 1 aromatic heterocycles. The van der Waals surface area contributed by atoms with Gasteiger partial charge < -0.3 is 14.4 Å². The Bertz CT molecular complexity index is 1210. The number of thiazole rings is 1. The summed E-state index contributed by atoms with van der Waals surface area (Å²) in [5.41, 5.74) is 0.735. The lowest BCUT2D eigenvalue weighted by Gasteiger charge is -2.25. The van der Waals surface area contributed by atoms with Gasteiger partial charge in [0.25, 0.3) is 5.91 Å². The highest BCUT2D eigenvalue weighted by Crippen LogP contribution is 2.40. The third-order valence-corrected chi connectivity index (χ3v) is 8.62. The standard InChI is InChI=1S/C24H31N3O5S2/c1-6-26(7-2)15-16-27(23(28)17-11-9-10-12-20(17)34(29,30)8-3)24-25-21-18(31-4)13-14-19(32-5)22(21)33-24/h9-14H,6-8,15-16H2,1-5H3. The lowest BCUT2D eigenvalue weighted by atomic mass is 10.2. The topological polar surface area (TPSA) is 89.0 Å². The second-order valence-electron chi connectivity index (χ2n) is 7.53. The number of rotatable bonds is 11. The number of carbonyl (C=O) groups excluding carboxylic acids is 1. The molecule has 10 heteroatoms. The molecule has 0 radical (unpaired) electrons. The summed E-state index contributed by atoms with van der Waals surface area (Å²) < 4.78 is 37.2. The molecule has 3 aromatic rings. The maximum Gasteiger partial charge on any atom is 0.261 e. The predicted octanol–water partition coefficient (Wildman–Crippen LogP) is 4.10. The molecule has 0 atom stereocenters. The fourth-order valence-electron chi connectivity index (χ4n) is 3.67. The number of likely N-dealkylation sites (N-methyl/N-ethyl adjacent to an activating group) is 1. The maximum absolute atomic E-state index is 13.9. The summed E-state index contributed by atoms with van der Waals surface area (Å²) in [5.74, 6) is 0.705. The van der Waals surface area contributed by atoms with E-state index in [-0.39, 0.29) is 16.2 Å². The third-order valence-electron chi connectivity index (χ3n) is 5.74. The molecule has 8 nitrogen and oxygen atoms in total. The summed E-state index contributed by atoms with van der Waals surface area (Å²) in [5, 5.41) is 0.457. The molecule has 1 heterocycles. The van der Waals surface area contributed by atoms with Crippen molar-refractivity contribution in [3.8, 4) is 11.5 Å². The first-order valence-electron chi connectivity index (χ1n) is 11.2. The van der Waals surface area contributed by atoms with Crippen molar-refractivity contribution < 1.29 is 22.7 Å². The first kappa shape index (κ1) is 25.9. The predicted molar refractivity (Wildman–Crippen MR) is 136 cm³/mol. The second kappa shape index (κ2) is 11.2. The first-order valence-corrected chi connectivity index (χ1v) is 13.7. The minimum absolute atomic E-state index is 0.0339. The zero-order chi connectivity index (χ0) is 24.9. The number of aromatic nitrogens is 1. The molecule has 3 rings (SSSR count). The molecule has 0 aliphatic rings. The molecule has 0 spiro atoms. The van der Waals surface area contributed by atoms with Crippen LogP contribution < -0.4 is 14.4 Å². The van der Waals surface area contributed by atoms with Crippen LogP contribution in [0.4, 0.5) is 5.13 Å². The highest BCUT2D eigenvalue weighted by Gasteiger charge is 2.28. The molecule has 0 unspecified atom stereocenters. The second-order valence-corrected chi connectivity index (χ2v) is 10.8. The summed E-state index contributed by atoms with van der Waals surface area (Å²) >= 11 is 1.32. The van der Waals surface area contributed by atoms with E-state index in [0.29, 0.717) is 35.2 Å². The van der Waals surface area contributed by atoms with Gasteiger partial charge in [-0.3, -0.25) is 9.69 Å². The van der Waals surface area contributed by atoms with Gasteiger partial charge in [-0.2, -0.15) is 0 Å². The SMILES string of the molecule is CCN(CC)CCN(C(=O)c1ccccc1S(=O)(=O)CC)c1nc2c(OC)ccc(OC)c2s1. The summed E-state index contributed by atoms with van der Waals surface area (Å²) in [7, 11) is -0.447. The molecular formula is C24H31N3O5S2. The van der Waals surface area contributed by atoms with Crippen LogP contribution in [0.2, 0.25) is 0 Å². The van der Waals surface area contributed by atoms with Crippen molar-refractivity contribution in [2.45, 2.75) is 25.7 Å². The highest BCUT2D eigenvalue weighted by molar-refractivity contribution is 7.91. The van der Waals surface area contributed by atoms with E-state index in [0.717, 1.165) is 17.8 Å². The smallest absolute Gasteiger partial charge is 0.261 e. The summed E-state index contributed by atoms with van der Waals surface area (Å²) in [6.45, 7) is 8.33. The quantitative estimate of drug-likeness (QED) is 0.388. The van der Waals surface area contributed by atoms with Crippen molar-refractivity contribution in [2.75, 3.05) is 51.1 Å². The van der Waals surface area contributed by atoms with Gasteiger partial charge >= 0.3 is 0 Å². The maximum atomic E-state index is 13.9. The van der Waals surface area contributed by atoms with Crippen LogP contribution in [0, 0.1) is 0 Å². The zero-order valence-electron chi connectivity index (χ0n) is 20.2. The van der Waals surface area contributed by atoms with Gasteiger partial charge in [0.05, 0.1) is 30.4 Å². The van der Waals surface area contributed by atoms with E-state index < -0.39 is 15.7 Å². The van der Waals surface area contributed by atoms with Crippen LogP contribution in [-0.4, -0.2) is 70.4 Å². The van der Waals surface area contributed by atoms with Crippen molar-refractivity contribution in [1.82, 2.24) is 9.88 Å². The van der Waals surface area contributed by atoms with E-state index >= 15 is 0 Å². The lowest BCUT2D eigenvalue weighted by molar-refractivity contribution is 0.0980. The van der Waals surface area contributed by atoms with E-state index in [1.807, 2.05) is 0 Å². The van der Waals surface area contributed by atoms with Crippen LogP contribution in [0.1, 0.15) is 31.1 Å². The molecule has 34 heavy (non-hydrogen) atoms. The monoisotopic (exact) mass is 505 g/mol. The molecule has 0 aliphatic heterocycles. The van der Waals surface area contributed by atoms with Crippen molar-refractivity contribution in [3.63, 3.8) is 0 Å². The number of amides is 1. The summed E-state index contributed by atoms with van der Waals surface area (Å²) in [6.07, 6.45) is 0.